The highest BCUT2D eigenvalue weighted by molar-refractivity contribution is 5.59. The first kappa shape index (κ1) is 15.7. The summed E-state index contributed by atoms with van der Waals surface area (Å²) in [5, 5.41) is 18.0. The molecule has 0 atom stereocenters. The van der Waals surface area contributed by atoms with Crippen LogP contribution in [0.5, 0.6) is 0 Å². The summed E-state index contributed by atoms with van der Waals surface area (Å²) in [4.78, 5) is 14.9. The lowest BCUT2D eigenvalue weighted by Gasteiger charge is -2.07. The van der Waals surface area contributed by atoms with Crippen LogP contribution >= 0.6 is 0 Å². The van der Waals surface area contributed by atoms with E-state index in [9.17, 15) is 10.1 Å². The molecule has 0 spiro atoms. The van der Waals surface area contributed by atoms with Crippen LogP contribution in [-0.4, -0.2) is 15.1 Å². The van der Waals surface area contributed by atoms with Crippen LogP contribution in [-0.2, 0) is 13.0 Å². The van der Waals surface area contributed by atoms with Crippen LogP contribution in [0.1, 0.15) is 22.8 Å². The molecule has 2 aromatic carbocycles. The zero-order valence-corrected chi connectivity index (χ0v) is 13.1. The summed E-state index contributed by atoms with van der Waals surface area (Å²) in [6.45, 7) is 2.01. The van der Waals surface area contributed by atoms with E-state index < -0.39 is 4.92 Å². The number of nitrogens with zero attached hydrogens (tertiary/aromatic N) is 3. The molecule has 0 unspecified atom stereocenters. The highest BCUT2D eigenvalue weighted by Crippen LogP contribution is 2.25. The summed E-state index contributed by atoms with van der Waals surface area (Å²) < 4.78 is 5.22. The van der Waals surface area contributed by atoms with Crippen LogP contribution in [0, 0.1) is 17.0 Å². The number of nitro benzene ring substituents is 1. The fourth-order valence-electron chi connectivity index (χ4n) is 2.40. The van der Waals surface area contributed by atoms with Crippen LogP contribution in [0.2, 0.25) is 0 Å². The SMILES string of the molecule is Cc1c(NCc2nc(Cc3ccccc3)no2)cccc1[N+](=O)[O-]. The van der Waals surface area contributed by atoms with Gasteiger partial charge in [-0.1, -0.05) is 41.6 Å². The summed E-state index contributed by atoms with van der Waals surface area (Å²) in [6, 6.07) is 14.8. The third-order valence-electron chi connectivity index (χ3n) is 3.65. The Morgan fingerprint density at radius 2 is 1.96 bits per heavy atom. The number of aromatic nitrogens is 2. The molecule has 1 N–H and O–H groups in total. The Morgan fingerprint density at radius 1 is 1.17 bits per heavy atom. The van der Waals surface area contributed by atoms with Gasteiger partial charge in [-0.15, -0.1) is 0 Å². The Kier molecular flexibility index (Phi) is 4.51. The van der Waals surface area contributed by atoms with Gasteiger partial charge in [0, 0.05) is 23.7 Å². The summed E-state index contributed by atoms with van der Waals surface area (Å²) in [6.07, 6.45) is 0.597. The molecule has 0 fully saturated rings. The van der Waals surface area contributed by atoms with Gasteiger partial charge in [0.05, 0.1) is 11.5 Å². The normalized spacial score (nSPS) is 10.5. The number of hydrogen-bond acceptors (Lipinski definition) is 6. The number of nitrogens with one attached hydrogen (secondary N) is 1. The highest BCUT2D eigenvalue weighted by atomic mass is 16.6. The fraction of sp³-hybridized carbons (Fsp3) is 0.176. The van der Waals surface area contributed by atoms with Gasteiger partial charge in [0.2, 0.25) is 5.89 Å². The Bertz CT molecular complexity index is 846. The Hall–Kier alpha value is -3.22. The zero-order valence-electron chi connectivity index (χ0n) is 13.1. The van der Waals surface area contributed by atoms with Gasteiger partial charge in [0.1, 0.15) is 0 Å². The molecule has 122 valence electrons. The molecular formula is C17H16N4O3. The van der Waals surface area contributed by atoms with E-state index in [0.717, 1.165) is 5.56 Å². The van der Waals surface area contributed by atoms with Gasteiger partial charge in [-0.25, -0.2) is 0 Å². The number of nitro groups is 1. The molecule has 7 heteroatoms. The second-order valence-corrected chi connectivity index (χ2v) is 5.33. The van der Waals surface area contributed by atoms with Gasteiger partial charge < -0.3 is 9.84 Å². The molecule has 0 aliphatic rings. The van der Waals surface area contributed by atoms with Gasteiger partial charge >= 0.3 is 0 Å². The maximum Gasteiger partial charge on any atom is 0.274 e. The molecule has 0 aliphatic carbocycles. The van der Waals surface area contributed by atoms with Crippen molar-refractivity contribution in [3.8, 4) is 0 Å². The number of hydrogen-bond donors (Lipinski definition) is 1. The standard InChI is InChI=1S/C17H16N4O3/c1-12-14(8-5-9-15(12)21(22)23)18-11-17-19-16(20-24-17)10-13-6-3-2-4-7-13/h2-9,18H,10-11H2,1H3. The molecule has 0 saturated heterocycles. The van der Waals surface area contributed by atoms with Crippen LogP contribution in [0.3, 0.4) is 0 Å². The molecule has 1 heterocycles. The van der Waals surface area contributed by atoms with E-state index in [1.165, 1.54) is 6.07 Å². The topological polar surface area (TPSA) is 94.1 Å². The summed E-state index contributed by atoms with van der Waals surface area (Å²) >= 11 is 0. The van der Waals surface area contributed by atoms with Crippen LogP contribution < -0.4 is 5.32 Å². The molecule has 3 rings (SSSR count). The van der Waals surface area contributed by atoms with E-state index in [-0.39, 0.29) is 5.69 Å². The fourth-order valence-corrected chi connectivity index (χ4v) is 2.40. The van der Waals surface area contributed by atoms with Crippen LogP contribution in [0.15, 0.2) is 53.1 Å². The average Bonchev–Trinajstić information content (AvgIpc) is 3.02. The van der Waals surface area contributed by atoms with Crippen molar-refractivity contribution < 1.29 is 9.45 Å². The molecule has 1 aromatic heterocycles. The van der Waals surface area contributed by atoms with Crippen molar-refractivity contribution in [2.45, 2.75) is 19.9 Å². The second kappa shape index (κ2) is 6.91. The maximum absolute atomic E-state index is 11.0. The van der Waals surface area contributed by atoms with Gasteiger partial charge in [0.15, 0.2) is 5.82 Å². The Labute approximate surface area is 138 Å². The van der Waals surface area contributed by atoms with Crippen LogP contribution in [0.4, 0.5) is 11.4 Å². The Morgan fingerprint density at radius 3 is 2.71 bits per heavy atom. The van der Waals surface area contributed by atoms with Gasteiger partial charge in [-0.2, -0.15) is 4.98 Å². The third-order valence-corrected chi connectivity index (χ3v) is 3.65. The first-order valence-corrected chi connectivity index (χ1v) is 7.47. The molecule has 0 amide bonds. The van der Waals surface area contributed by atoms with E-state index in [4.69, 9.17) is 4.52 Å². The molecular weight excluding hydrogens is 308 g/mol. The highest BCUT2D eigenvalue weighted by Gasteiger charge is 2.14. The van der Waals surface area contributed by atoms with Crippen molar-refractivity contribution in [1.29, 1.82) is 0 Å². The Balaban J connectivity index is 1.66. The third kappa shape index (κ3) is 3.57. The zero-order chi connectivity index (χ0) is 16.9. The van der Waals surface area contributed by atoms with E-state index in [2.05, 4.69) is 15.5 Å². The lowest BCUT2D eigenvalue weighted by Crippen LogP contribution is -2.03. The molecule has 24 heavy (non-hydrogen) atoms. The van der Waals surface area contributed by atoms with Crippen molar-refractivity contribution in [3.05, 3.63) is 81.5 Å². The van der Waals surface area contributed by atoms with Gasteiger partial charge in [-0.3, -0.25) is 10.1 Å². The summed E-state index contributed by atoms with van der Waals surface area (Å²) in [5.41, 5.74) is 2.43. The summed E-state index contributed by atoms with van der Waals surface area (Å²) in [5.74, 6) is 1.04. The van der Waals surface area contributed by atoms with Crippen molar-refractivity contribution >= 4 is 11.4 Å². The predicted octanol–water partition coefficient (Wildman–Crippen LogP) is 3.49. The lowest BCUT2D eigenvalue weighted by atomic mass is 10.1. The average molecular weight is 324 g/mol. The minimum Gasteiger partial charge on any atom is -0.376 e. The first-order valence-electron chi connectivity index (χ1n) is 7.47. The number of anilines is 1. The predicted molar refractivity (Wildman–Crippen MR) is 88.7 cm³/mol. The monoisotopic (exact) mass is 324 g/mol. The largest absolute Gasteiger partial charge is 0.376 e. The molecule has 0 saturated carbocycles. The smallest absolute Gasteiger partial charge is 0.274 e. The van der Waals surface area contributed by atoms with Crippen molar-refractivity contribution in [2.24, 2.45) is 0 Å². The maximum atomic E-state index is 11.0. The number of rotatable bonds is 6. The number of benzene rings is 2. The van der Waals surface area contributed by atoms with E-state index in [1.807, 2.05) is 30.3 Å². The summed E-state index contributed by atoms with van der Waals surface area (Å²) in [7, 11) is 0. The van der Waals surface area contributed by atoms with E-state index >= 15 is 0 Å². The van der Waals surface area contributed by atoms with Crippen molar-refractivity contribution in [1.82, 2.24) is 10.1 Å². The quantitative estimate of drug-likeness (QED) is 0.551. The molecule has 3 aromatic rings. The van der Waals surface area contributed by atoms with Gasteiger partial charge in [-0.05, 0) is 18.6 Å². The molecule has 7 nitrogen and oxygen atoms in total. The molecule has 0 aliphatic heterocycles. The minimum absolute atomic E-state index is 0.0790. The van der Waals surface area contributed by atoms with E-state index in [1.54, 1.807) is 19.1 Å². The minimum atomic E-state index is -0.398. The van der Waals surface area contributed by atoms with Crippen molar-refractivity contribution in [2.75, 3.05) is 5.32 Å². The molecule has 0 radical (unpaired) electrons. The lowest BCUT2D eigenvalue weighted by molar-refractivity contribution is -0.385. The van der Waals surface area contributed by atoms with Crippen LogP contribution in [0.25, 0.3) is 0 Å². The first-order chi connectivity index (χ1) is 11.6. The van der Waals surface area contributed by atoms with E-state index in [0.29, 0.717) is 35.9 Å². The molecule has 0 bridgehead atoms. The van der Waals surface area contributed by atoms with Gasteiger partial charge in [0.25, 0.3) is 5.69 Å². The van der Waals surface area contributed by atoms with Crippen molar-refractivity contribution in [3.63, 3.8) is 0 Å². The second-order valence-electron chi connectivity index (χ2n) is 5.33.